The smallest absolute Gasteiger partial charge is 0.102 e. The number of rotatable bonds is 3. The van der Waals surface area contributed by atoms with Crippen molar-refractivity contribution < 1.29 is 0 Å². The second kappa shape index (κ2) is 3.71. The van der Waals surface area contributed by atoms with Crippen LogP contribution in [0.4, 0.5) is 0 Å². The molecule has 0 nitrogen and oxygen atoms in total. The Morgan fingerprint density at radius 1 is 0.800 bits per heavy atom. The lowest BCUT2D eigenvalue weighted by Gasteiger charge is -2.18. The van der Waals surface area contributed by atoms with Crippen molar-refractivity contribution in [2.45, 2.75) is 35.4 Å². The lowest BCUT2D eigenvalue weighted by atomic mass is 10.2. The van der Waals surface area contributed by atoms with Gasteiger partial charge < -0.3 is 0 Å². The molecule has 0 unspecified atom stereocenters. The molecule has 0 aliphatic carbocycles. The highest BCUT2D eigenvalue weighted by molar-refractivity contribution is 6.49. The van der Waals surface area contributed by atoms with Gasteiger partial charge in [-0.25, -0.2) is 0 Å². The van der Waals surface area contributed by atoms with E-state index in [0.29, 0.717) is 12.8 Å². The second-order valence-corrected chi connectivity index (χ2v) is 6.36. The Hall–Kier alpha value is 1.16. The van der Waals surface area contributed by atoms with Crippen LogP contribution >= 0.6 is 46.4 Å². The first-order valence-corrected chi connectivity index (χ1v) is 4.47. The van der Waals surface area contributed by atoms with Crippen molar-refractivity contribution in [3.8, 4) is 0 Å². The van der Waals surface area contributed by atoms with Gasteiger partial charge in [-0.05, 0) is 26.7 Å². The monoisotopic (exact) mass is 222 g/mol. The van der Waals surface area contributed by atoms with Crippen molar-refractivity contribution in [3.05, 3.63) is 0 Å². The maximum atomic E-state index is 5.69. The first-order valence-electron chi connectivity index (χ1n) is 2.96. The molecule has 0 heterocycles. The summed E-state index contributed by atoms with van der Waals surface area (Å²) in [7, 11) is 0. The summed E-state index contributed by atoms with van der Waals surface area (Å²) in [6, 6.07) is 0. The van der Waals surface area contributed by atoms with Gasteiger partial charge in [0.2, 0.25) is 0 Å². The van der Waals surface area contributed by atoms with Gasteiger partial charge in [-0.15, -0.1) is 46.4 Å². The van der Waals surface area contributed by atoms with Crippen molar-refractivity contribution in [2.24, 2.45) is 0 Å². The van der Waals surface area contributed by atoms with Crippen LogP contribution in [0.15, 0.2) is 0 Å². The normalized spacial score (nSPS) is 13.8. The lowest BCUT2D eigenvalue weighted by Crippen LogP contribution is -2.13. The molecular formula is C6H10Cl4. The average molecular weight is 224 g/mol. The fourth-order valence-electron chi connectivity index (χ4n) is 0.439. The van der Waals surface area contributed by atoms with Crippen LogP contribution in [-0.2, 0) is 0 Å². The second-order valence-electron chi connectivity index (χ2n) is 2.64. The Labute approximate surface area is 81.8 Å². The molecule has 0 spiro atoms. The number of hydrogen-bond acceptors (Lipinski definition) is 0. The number of hydrogen-bond donors (Lipinski definition) is 0. The third-order valence-electron chi connectivity index (χ3n) is 1.00. The van der Waals surface area contributed by atoms with Crippen LogP contribution in [0.25, 0.3) is 0 Å². The minimum atomic E-state index is -0.717. The molecule has 0 saturated carbocycles. The molecule has 0 fully saturated rings. The van der Waals surface area contributed by atoms with Gasteiger partial charge in [-0.3, -0.25) is 0 Å². The summed E-state index contributed by atoms with van der Waals surface area (Å²) >= 11 is 22.7. The van der Waals surface area contributed by atoms with Gasteiger partial charge in [0.05, 0.1) is 0 Å². The maximum absolute atomic E-state index is 5.69. The van der Waals surface area contributed by atoms with Gasteiger partial charge in [0.25, 0.3) is 0 Å². The molecule has 0 atom stereocenters. The molecule has 0 aromatic rings. The molecular weight excluding hydrogens is 214 g/mol. The Morgan fingerprint density at radius 3 is 1.10 bits per heavy atom. The molecule has 0 aliphatic heterocycles. The van der Waals surface area contributed by atoms with Gasteiger partial charge in [0.15, 0.2) is 0 Å². The van der Waals surface area contributed by atoms with Crippen molar-refractivity contribution in [2.75, 3.05) is 0 Å². The number of alkyl halides is 4. The van der Waals surface area contributed by atoms with E-state index in [9.17, 15) is 0 Å². The SMILES string of the molecule is CC(Cl)(Cl)CCC(C)(Cl)Cl. The molecule has 10 heavy (non-hydrogen) atoms. The zero-order chi connectivity index (χ0) is 8.41. The highest BCUT2D eigenvalue weighted by Gasteiger charge is 2.23. The van der Waals surface area contributed by atoms with Crippen LogP contribution in [-0.4, -0.2) is 8.67 Å². The Morgan fingerprint density at radius 2 is 1.00 bits per heavy atom. The first-order chi connectivity index (χ1) is 4.21. The van der Waals surface area contributed by atoms with Gasteiger partial charge in [0.1, 0.15) is 8.67 Å². The van der Waals surface area contributed by atoms with Crippen molar-refractivity contribution in [1.82, 2.24) is 0 Å². The van der Waals surface area contributed by atoms with E-state index < -0.39 is 8.67 Å². The van der Waals surface area contributed by atoms with E-state index >= 15 is 0 Å². The van der Waals surface area contributed by atoms with E-state index in [4.69, 9.17) is 46.4 Å². The van der Waals surface area contributed by atoms with E-state index in [2.05, 4.69) is 0 Å². The molecule has 0 amide bonds. The quantitative estimate of drug-likeness (QED) is 0.631. The molecule has 0 bridgehead atoms. The van der Waals surface area contributed by atoms with Gasteiger partial charge in [-0.1, -0.05) is 0 Å². The third kappa shape index (κ3) is 9.16. The van der Waals surface area contributed by atoms with Crippen LogP contribution in [0.2, 0.25) is 0 Å². The van der Waals surface area contributed by atoms with E-state index in [1.54, 1.807) is 13.8 Å². The summed E-state index contributed by atoms with van der Waals surface area (Å²) in [4.78, 5) is 0. The Kier molecular flexibility index (Phi) is 4.14. The largest absolute Gasteiger partial charge is 0.115 e. The molecule has 0 rings (SSSR count). The molecule has 4 heteroatoms. The highest BCUT2D eigenvalue weighted by atomic mass is 35.5. The number of halogens is 4. The Balaban J connectivity index is 3.56. The van der Waals surface area contributed by atoms with Gasteiger partial charge in [0, 0.05) is 0 Å². The molecule has 0 aromatic heterocycles. The fourth-order valence-corrected chi connectivity index (χ4v) is 0.817. The van der Waals surface area contributed by atoms with Crippen LogP contribution in [0, 0.1) is 0 Å². The molecule has 0 aromatic carbocycles. The van der Waals surface area contributed by atoms with Crippen molar-refractivity contribution in [1.29, 1.82) is 0 Å². The van der Waals surface area contributed by atoms with E-state index in [-0.39, 0.29) is 0 Å². The van der Waals surface area contributed by atoms with Crippen LogP contribution < -0.4 is 0 Å². The standard InChI is InChI=1S/C6H10Cl4/c1-5(7,8)3-4-6(2,9)10/h3-4H2,1-2H3. The lowest BCUT2D eigenvalue weighted by molar-refractivity contribution is 0.645. The third-order valence-corrected chi connectivity index (χ3v) is 1.76. The van der Waals surface area contributed by atoms with Crippen molar-refractivity contribution >= 4 is 46.4 Å². The fraction of sp³-hybridized carbons (Fsp3) is 1.00. The molecule has 0 radical (unpaired) electrons. The molecule has 0 N–H and O–H groups in total. The summed E-state index contributed by atoms with van der Waals surface area (Å²) in [5.41, 5.74) is 0. The van der Waals surface area contributed by atoms with Gasteiger partial charge in [-0.2, -0.15) is 0 Å². The predicted octanol–water partition coefficient (Wildman–Crippen LogP) is 4.15. The zero-order valence-electron chi connectivity index (χ0n) is 5.93. The van der Waals surface area contributed by atoms with E-state index in [1.807, 2.05) is 0 Å². The topological polar surface area (TPSA) is 0 Å². The van der Waals surface area contributed by atoms with E-state index in [1.165, 1.54) is 0 Å². The van der Waals surface area contributed by atoms with Crippen LogP contribution in [0.5, 0.6) is 0 Å². The minimum absolute atomic E-state index is 0.597. The zero-order valence-corrected chi connectivity index (χ0v) is 8.95. The minimum Gasteiger partial charge on any atom is -0.102 e. The van der Waals surface area contributed by atoms with Crippen LogP contribution in [0.1, 0.15) is 26.7 Å². The summed E-state index contributed by atoms with van der Waals surface area (Å²) in [6.07, 6.45) is 1.19. The summed E-state index contributed by atoms with van der Waals surface area (Å²) in [6.45, 7) is 3.44. The first kappa shape index (κ1) is 11.2. The molecule has 0 aliphatic rings. The van der Waals surface area contributed by atoms with Gasteiger partial charge >= 0.3 is 0 Å². The highest BCUT2D eigenvalue weighted by Crippen LogP contribution is 2.33. The van der Waals surface area contributed by atoms with E-state index in [0.717, 1.165) is 0 Å². The molecule has 0 saturated heterocycles. The van der Waals surface area contributed by atoms with Crippen molar-refractivity contribution in [3.63, 3.8) is 0 Å². The molecule has 62 valence electrons. The summed E-state index contributed by atoms with van der Waals surface area (Å²) < 4.78 is -1.43. The predicted molar refractivity (Wildman–Crippen MR) is 49.5 cm³/mol. The average Bonchev–Trinajstić information content (AvgIpc) is 1.57. The van der Waals surface area contributed by atoms with Crippen LogP contribution in [0.3, 0.4) is 0 Å². The summed E-state index contributed by atoms with van der Waals surface area (Å²) in [5, 5.41) is 0. The summed E-state index contributed by atoms with van der Waals surface area (Å²) in [5.74, 6) is 0. The maximum Gasteiger partial charge on any atom is 0.115 e. The Bertz CT molecular complexity index is 83.3.